The van der Waals surface area contributed by atoms with Gasteiger partial charge in [0.1, 0.15) is 5.78 Å². The van der Waals surface area contributed by atoms with E-state index in [1.54, 1.807) is 0 Å². The molecule has 0 aromatic carbocycles. The molecule has 0 spiro atoms. The van der Waals surface area contributed by atoms with Crippen LogP contribution in [0.2, 0.25) is 0 Å². The SMILES string of the molecule is CC(CN)[C@@H]1CC[C@@H](C)C(=O)C1. The molecule has 1 rings (SSSR count). The molecule has 0 aromatic heterocycles. The van der Waals surface area contributed by atoms with Crippen molar-refractivity contribution in [2.75, 3.05) is 6.54 Å². The van der Waals surface area contributed by atoms with Crippen LogP contribution in [0.5, 0.6) is 0 Å². The minimum absolute atomic E-state index is 0.297. The normalized spacial score (nSPS) is 33.4. The molecule has 1 saturated carbocycles. The molecule has 0 aliphatic heterocycles. The summed E-state index contributed by atoms with van der Waals surface area (Å²) in [4.78, 5) is 11.4. The summed E-state index contributed by atoms with van der Waals surface area (Å²) < 4.78 is 0. The Morgan fingerprint density at radius 1 is 1.58 bits per heavy atom. The van der Waals surface area contributed by atoms with Gasteiger partial charge >= 0.3 is 0 Å². The maximum absolute atomic E-state index is 11.4. The Hall–Kier alpha value is -0.370. The topological polar surface area (TPSA) is 43.1 Å². The quantitative estimate of drug-likeness (QED) is 0.682. The predicted molar refractivity (Wildman–Crippen MR) is 49.7 cm³/mol. The van der Waals surface area contributed by atoms with Gasteiger partial charge in [-0.3, -0.25) is 4.79 Å². The van der Waals surface area contributed by atoms with E-state index in [0.717, 1.165) is 12.8 Å². The van der Waals surface area contributed by atoms with Gasteiger partial charge in [-0.15, -0.1) is 0 Å². The van der Waals surface area contributed by atoms with Gasteiger partial charge in [-0.25, -0.2) is 0 Å². The van der Waals surface area contributed by atoms with Crippen LogP contribution in [-0.2, 0) is 4.79 Å². The van der Waals surface area contributed by atoms with Crippen LogP contribution in [0.4, 0.5) is 0 Å². The van der Waals surface area contributed by atoms with Crippen molar-refractivity contribution in [2.24, 2.45) is 23.5 Å². The molecule has 2 nitrogen and oxygen atoms in total. The second-order valence-corrected chi connectivity index (χ2v) is 4.12. The molecule has 0 radical (unpaired) electrons. The molecular weight excluding hydrogens is 150 g/mol. The van der Waals surface area contributed by atoms with Gasteiger partial charge in [-0.2, -0.15) is 0 Å². The highest BCUT2D eigenvalue weighted by Gasteiger charge is 2.27. The third-order valence-electron chi connectivity index (χ3n) is 3.16. The molecule has 0 saturated heterocycles. The van der Waals surface area contributed by atoms with Gasteiger partial charge in [-0.05, 0) is 31.2 Å². The molecule has 2 N–H and O–H groups in total. The van der Waals surface area contributed by atoms with E-state index in [2.05, 4.69) is 6.92 Å². The summed E-state index contributed by atoms with van der Waals surface area (Å²) in [7, 11) is 0. The Morgan fingerprint density at radius 2 is 2.25 bits per heavy atom. The van der Waals surface area contributed by atoms with E-state index in [-0.39, 0.29) is 0 Å². The molecule has 1 aliphatic rings. The summed E-state index contributed by atoms with van der Waals surface area (Å²) in [6.07, 6.45) is 3.01. The minimum atomic E-state index is 0.297. The lowest BCUT2D eigenvalue weighted by molar-refractivity contribution is -0.125. The fraction of sp³-hybridized carbons (Fsp3) is 0.900. The van der Waals surface area contributed by atoms with Gasteiger partial charge in [0.05, 0.1) is 0 Å². The molecule has 2 heteroatoms. The van der Waals surface area contributed by atoms with E-state index in [4.69, 9.17) is 5.73 Å². The zero-order valence-corrected chi connectivity index (χ0v) is 8.05. The van der Waals surface area contributed by atoms with Gasteiger partial charge in [0.15, 0.2) is 0 Å². The van der Waals surface area contributed by atoms with Crippen molar-refractivity contribution in [3.05, 3.63) is 0 Å². The van der Waals surface area contributed by atoms with Crippen LogP contribution in [0.3, 0.4) is 0 Å². The first-order valence-electron chi connectivity index (χ1n) is 4.88. The third kappa shape index (κ3) is 2.07. The molecule has 0 amide bonds. The number of ketones is 1. The van der Waals surface area contributed by atoms with E-state index in [1.807, 2.05) is 6.92 Å². The highest BCUT2D eigenvalue weighted by molar-refractivity contribution is 5.81. The second-order valence-electron chi connectivity index (χ2n) is 4.12. The average molecular weight is 169 g/mol. The molecule has 0 aromatic rings. The zero-order chi connectivity index (χ0) is 9.14. The van der Waals surface area contributed by atoms with Crippen molar-refractivity contribution >= 4 is 5.78 Å². The van der Waals surface area contributed by atoms with E-state index >= 15 is 0 Å². The number of carbonyl (C=O) groups excluding carboxylic acids is 1. The Kier molecular flexibility index (Phi) is 3.27. The number of carbonyl (C=O) groups is 1. The zero-order valence-electron chi connectivity index (χ0n) is 8.05. The van der Waals surface area contributed by atoms with Crippen molar-refractivity contribution in [2.45, 2.75) is 33.1 Å². The Balaban J connectivity index is 2.45. The molecule has 12 heavy (non-hydrogen) atoms. The van der Waals surface area contributed by atoms with Gasteiger partial charge in [0, 0.05) is 12.3 Å². The maximum Gasteiger partial charge on any atom is 0.135 e. The van der Waals surface area contributed by atoms with E-state index in [1.165, 1.54) is 6.42 Å². The van der Waals surface area contributed by atoms with Gasteiger partial charge in [0.25, 0.3) is 0 Å². The summed E-state index contributed by atoms with van der Waals surface area (Å²) in [5, 5.41) is 0. The Labute approximate surface area is 74.5 Å². The van der Waals surface area contributed by atoms with Crippen LogP contribution in [0.25, 0.3) is 0 Å². The maximum atomic E-state index is 11.4. The first kappa shape index (κ1) is 9.72. The summed E-state index contributed by atoms with van der Waals surface area (Å²) in [6.45, 7) is 4.89. The number of hydrogen-bond acceptors (Lipinski definition) is 2. The van der Waals surface area contributed by atoms with Crippen LogP contribution in [0, 0.1) is 17.8 Å². The summed E-state index contributed by atoms with van der Waals surface area (Å²) in [6, 6.07) is 0. The number of Topliss-reactive ketones (excluding diaryl/α,β-unsaturated/α-hetero) is 1. The Bertz CT molecular complexity index is 167. The molecular formula is C10H19NO. The van der Waals surface area contributed by atoms with Crippen molar-refractivity contribution in [3.8, 4) is 0 Å². The predicted octanol–water partition coefficient (Wildman–Crippen LogP) is 1.59. The lowest BCUT2D eigenvalue weighted by Crippen LogP contribution is -2.29. The summed E-state index contributed by atoms with van der Waals surface area (Å²) >= 11 is 0. The number of hydrogen-bond donors (Lipinski definition) is 1. The average Bonchev–Trinajstić information content (AvgIpc) is 2.08. The van der Waals surface area contributed by atoms with Crippen LogP contribution in [-0.4, -0.2) is 12.3 Å². The van der Waals surface area contributed by atoms with E-state index < -0.39 is 0 Å². The largest absolute Gasteiger partial charge is 0.330 e. The Morgan fingerprint density at radius 3 is 2.75 bits per heavy atom. The highest BCUT2D eigenvalue weighted by atomic mass is 16.1. The standard InChI is InChI=1S/C10H19NO/c1-7-3-4-9(5-10(7)12)8(2)6-11/h7-9H,3-6,11H2,1-2H3/t7-,8?,9-/m1/s1. The van der Waals surface area contributed by atoms with Crippen molar-refractivity contribution < 1.29 is 4.79 Å². The molecule has 1 unspecified atom stereocenters. The molecule has 1 fully saturated rings. The third-order valence-corrected chi connectivity index (χ3v) is 3.16. The van der Waals surface area contributed by atoms with Crippen molar-refractivity contribution in [1.29, 1.82) is 0 Å². The second kappa shape index (κ2) is 4.04. The molecule has 3 atom stereocenters. The van der Waals surface area contributed by atoms with E-state index in [0.29, 0.717) is 30.1 Å². The van der Waals surface area contributed by atoms with Crippen LogP contribution < -0.4 is 5.73 Å². The van der Waals surface area contributed by atoms with Crippen molar-refractivity contribution in [3.63, 3.8) is 0 Å². The number of nitrogens with two attached hydrogens (primary N) is 1. The van der Waals surface area contributed by atoms with E-state index in [9.17, 15) is 4.79 Å². The molecule has 0 heterocycles. The van der Waals surface area contributed by atoms with Crippen LogP contribution in [0.15, 0.2) is 0 Å². The fourth-order valence-electron chi connectivity index (χ4n) is 1.86. The van der Waals surface area contributed by atoms with Gasteiger partial charge in [0.2, 0.25) is 0 Å². The smallest absolute Gasteiger partial charge is 0.135 e. The minimum Gasteiger partial charge on any atom is -0.330 e. The lowest BCUT2D eigenvalue weighted by Gasteiger charge is -2.28. The number of rotatable bonds is 2. The van der Waals surface area contributed by atoms with Crippen LogP contribution in [0.1, 0.15) is 33.1 Å². The van der Waals surface area contributed by atoms with Crippen LogP contribution >= 0.6 is 0 Å². The highest BCUT2D eigenvalue weighted by Crippen LogP contribution is 2.30. The summed E-state index contributed by atoms with van der Waals surface area (Å²) in [5.74, 6) is 1.80. The molecule has 70 valence electrons. The van der Waals surface area contributed by atoms with Gasteiger partial charge in [-0.1, -0.05) is 13.8 Å². The van der Waals surface area contributed by atoms with Crippen molar-refractivity contribution in [1.82, 2.24) is 0 Å². The van der Waals surface area contributed by atoms with Gasteiger partial charge < -0.3 is 5.73 Å². The first-order chi connectivity index (χ1) is 5.65. The fourth-order valence-corrected chi connectivity index (χ4v) is 1.86. The molecule has 0 bridgehead atoms. The first-order valence-corrected chi connectivity index (χ1v) is 4.88. The molecule has 1 aliphatic carbocycles. The summed E-state index contributed by atoms with van der Waals surface area (Å²) in [5.41, 5.74) is 5.57. The monoisotopic (exact) mass is 169 g/mol. The lowest BCUT2D eigenvalue weighted by atomic mass is 9.76.